The van der Waals surface area contributed by atoms with Crippen LogP contribution in [0.3, 0.4) is 0 Å². The fraction of sp³-hybridized carbons (Fsp3) is 0.240. The molecule has 3 aromatic rings. The number of para-hydroxylation sites is 1. The van der Waals surface area contributed by atoms with Gasteiger partial charge in [0.2, 0.25) is 10.0 Å². The van der Waals surface area contributed by atoms with Crippen LogP contribution >= 0.6 is 0 Å². The summed E-state index contributed by atoms with van der Waals surface area (Å²) in [7, 11) is -3.58. The molecule has 3 aromatic carbocycles. The van der Waals surface area contributed by atoms with Crippen molar-refractivity contribution in [3.63, 3.8) is 0 Å². The number of morpholine rings is 1. The van der Waals surface area contributed by atoms with E-state index >= 15 is 0 Å². The van der Waals surface area contributed by atoms with Gasteiger partial charge in [0.1, 0.15) is 24.7 Å². The van der Waals surface area contributed by atoms with E-state index in [0.717, 1.165) is 5.75 Å². The third kappa shape index (κ3) is 6.13. The van der Waals surface area contributed by atoms with Crippen molar-refractivity contribution in [1.29, 1.82) is 0 Å². The van der Waals surface area contributed by atoms with Crippen LogP contribution in [0, 0.1) is 0 Å². The molecule has 1 saturated heterocycles. The molecule has 8 nitrogen and oxygen atoms in total. The van der Waals surface area contributed by atoms with E-state index < -0.39 is 10.0 Å². The molecule has 1 amide bonds. The minimum absolute atomic E-state index is 0.181. The SMILES string of the molecule is O=C(Nc1ccc(S(=O)(=O)N2CCOCC2)cc1)c1cccc(OCCOc2ccccc2)c1. The third-order valence-corrected chi connectivity index (χ3v) is 7.09. The molecular weight excluding hydrogens is 456 g/mol. The number of hydrogen-bond acceptors (Lipinski definition) is 6. The zero-order valence-corrected chi connectivity index (χ0v) is 19.4. The molecule has 1 aliphatic heterocycles. The molecule has 4 rings (SSSR count). The van der Waals surface area contributed by atoms with Crippen LogP contribution in [0.2, 0.25) is 0 Å². The minimum Gasteiger partial charge on any atom is -0.490 e. The summed E-state index contributed by atoms with van der Waals surface area (Å²) in [6, 6.07) is 22.4. The summed E-state index contributed by atoms with van der Waals surface area (Å²) in [5, 5.41) is 2.78. The average Bonchev–Trinajstić information content (AvgIpc) is 2.88. The Balaban J connectivity index is 1.31. The summed E-state index contributed by atoms with van der Waals surface area (Å²) in [6.07, 6.45) is 0. The number of nitrogens with zero attached hydrogens (tertiary/aromatic N) is 1. The Labute approximate surface area is 199 Å². The quantitative estimate of drug-likeness (QED) is 0.470. The van der Waals surface area contributed by atoms with E-state index in [9.17, 15) is 13.2 Å². The summed E-state index contributed by atoms with van der Waals surface area (Å²) >= 11 is 0. The minimum atomic E-state index is -3.58. The summed E-state index contributed by atoms with van der Waals surface area (Å²) in [4.78, 5) is 12.9. The van der Waals surface area contributed by atoms with Gasteiger partial charge in [-0.05, 0) is 54.6 Å². The average molecular weight is 483 g/mol. The number of benzene rings is 3. The highest BCUT2D eigenvalue weighted by molar-refractivity contribution is 7.89. The number of rotatable bonds is 9. The molecule has 0 saturated carbocycles. The van der Waals surface area contributed by atoms with Crippen molar-refractivity contribution in [2.24, 2.45) is 0 Å². The normalized spacial score (nSPS) is 14.4. The fourth-order valence-corrected chi connectivity index (χ4v) is 4.82. The zero-order chi connectivity index (χ0) is 23.8. The second kappa shape index (κ2) is 11.1. The van der Waals surface area contributed by atoms with Crippen LogP contribution in [-0.2, 0) is 14.8 Å². The van der Waals surface area contributed by atoms with E-state index in [0.29, 0.717) is 56.5 Å². The molecule has 1 fully saturated rings. The van der Waals surface area contributed by atoms with Gasteiger partial charge in [-0.1, -0.05) is 24.3 Å². The van der Waals surface area contributed by atoms with Gasteiger partial charge in [0, 0.05) is 24.3 Å². The molecular formula is C25H26N2O6S. The number of carbonyl (C=O) groups excluding carboxylic acids is 1. The number of amides is 1. The van der Waals surface area contributed by atoms with Gasteiger partial charge in [0.05, 0.1) is 18.1 Å². The van der Waals surface area contributed by atoms with E-state index in [1.54, 1.807) is 36.4 Å². The molecule has 1 heterocycles. The van der Waals surface area contributed by atoms with Crippen LogP contribution < -0.4 is 14.8 Å². The summed E-state index contributed by atoms with van der Waals surface area (Å²) in [5.74, 6) is 0.994. The Morgan fingerprint density at radius 3 is 2.21 bits per heavy atom. The lowest BCUT2D eigenvalue weighted by Crippen LogP contribution is -2.40. The number of carbonyl (C=O) groups is 1. The van der Waals surface area contributed by atoms with Crippen LogP contribution in [0.5, 0.6) is 11.5 Å². The van der Waals surface area contributed by atoms with Crippen LogP contribution in [0.1, 0.15) is 10.4 Å². The highest BCUT2D eigenvalue weighted by atomic mass is 32.2. The Hall–Kier alpha value is -3.40. The van der Waals surface area contributed by atoms with E-state index in [4.69, 9.17) is 14.2 Å². The van der Waals surface area contributed by atoms with Gasteiger partial charge in [0.15, 0.2) is 0 Å². The van der Waals surface area contributed by atoms with Crippen molar-refractivity contribution in [3.05, 3.63) is 84.4 Å². The van der Waals surface area contributed by atoms with Crippen LogP contribution in [0.4, 0.5) is 5.69 Å². The fourth-order valence-electron chi connectivity index (χ4n) is 3.41. The molecule has 0 atom stereocenters. The lowest BCUT2D eigenvalue weighted by atomic mass is 10.2. The third-order valence-electron chi connectivity index (χ3n) is 5.18. The molecule has 178 valence electrons. The number of ether oxygens (including phenoxy) is 3. The lowest BCUT2D eigenvalue weighted by molar-refractivity contribution is 0.0730. The maximum Gasteiger partial charge on any atom is 0.255 e. The molecule has 1 N–H and O–H groups in total. The maximum absolute atomic E-state index is 12.7. The highest BCUT2D eigenvalue weighted by Crippen LogP contribution is 2.21. The predicted octanol–water partition coefficient (Wildman–Crippen LogP) is 3.42. The number of nitrogens with one attached hydrogen (secondary N) is 1. The first-order valence-electron chi connectivity index (χ1n) is 10.9. The molecule has 9 heteroatoms. The highest BCUT2D eigenvalue weighted by Gasteiger charge is 2.26. The van der Waals surface area contributed by atoms with Crippen molar-refractivity contribution < 1.29 is 27.4 Å². The van der Waals surface area contributed by atoms with Gasteiger partial charge in [0.25, 0.3) is 5.91 Å². The summed E-state index contributed by atoms with van der Waals surface area (Å²) in [6.45, 7) is 2.14. The molecule has 34 heavy (non-hydrogen) atoms. The number of anilines is 1. The van der Waals surface area contributed by atoms with Crippen molar-refractivity contribution in [3.8, 4) is 11.5 Å². The first-order chi connectivity index (χ1) is 16.5. The van der Waals surface area contributed by atoms with Gasteiger partial charge in [-0.15, -0.1) is 0 Å². The predicted molar refractivity (Wildman–Crippen MR) is 128 cm³/mol. The molecule has 1 aliphatic rings. The van der Waals surface area contributed by atoms with E-state index in [2.05, 4.69) is 5.32 Å². The molecule has 0 aromatic heterocycles. The second-order valence-corrected chi connectivity index (χ2v) is 9.47. The van der Waals surface area contributed by atoms with Gasteiger partial charge in [-0.3, -0.25) is 4.79 Å². The molecule has 0 bridgehead atoms. The van der Waals surface area contributed by atoms with E-state index in [1.807, 2.05) is 30.3 Å². The summed E-state index contributed by atoms with van der Waals surface area (Å²) in [5.41, 5.74) is 0.917. The standard InChI is InChI=1S/C25H26N2O6S/c28-25(20-5-4-8-23(19-20)33-18-17-32-22-6-2-1-3-7-22)26-21-9-11-24(12-10-21)34(29,30)27-13-15-31-16-14-27/h1-12,19H,13-18H2,(H,26,28). The van der Waals surface area contributed by atoms with Crippen molar-refractivity contribution in [1.82, 2.24) is 4.31 Å². The Morgan fingerprint density at radius 2 is 1.50 bits per heavy atom. The van der Waals surface area contributed by atoms with Crippen LogP contribution in [0.15, 0.2) is 83.8 Å². The smallest absolute Gasteiger partial charge is 0.255 e. The Morgan fingerprint density at radius 1 is 0.853 bits per heavy atom. The monoisotopic (exact) mass is 482 g/mol. The number of hydrogen-bond donors (Lipinski definition) is 1. The van der Waals surface area contributed by atoms with Crippen molar-refractivity contribution in [2.45, 2.75) is 4.90 Å². The first-order valence-corrected chi connectivity index (χ1v) is 12.4. The van der Waals surface area contributed by atoms with E-state index in [-0.39, 0.29) is 10.8 Å². The molecule has 0 spiro atoms. The van der Waals surface area contributed by atoms with Gasteiger partial charge >= 0.3 is 0 Å². The molecule has 0 unspecified atom stereocenters. The van der Waals surface area contributed by atoms with Gasteiger partial charge in [-0.2, -0.15) is 4.31 Å². The van der Waals surface area contributed by atoms with Crippen molar-refractivity contribution in [2.75, 3.05) is 44.8 Å². The van der Waals surface area contributed by atoms with Gasteiger partial charge in [-0.25, -0.2) is 8.42 Å². The van der Waals surface area contributed by atoms with Crippen LogP contribution in [0.25, 0.3) is 0 Å². The maximum atomic E-state index is 12.7. The zero-order valence-electron chi connectivity index (χ0n) is 18.6. The Kier molecular flexibility index (Phi) is 7.79. The van der Waals surface area contributed by atoms with E-state index in [1.165, 1.54) is 16.4 Å². The Bertz CT molecular complexity index is 1190. The topological polar surface area (TPSA) is 94.2 Å². The van der Waals surface area contributed by atoms with Gasteiger partial charge < -0.3 is 19.5 Å². The second-order valence-electron chi connectivity index (χ2n) is 7.53. The lowest BCUT2D eigenvalue weighted by Gasteiger charge is -2.26. The first kappa shape index (κ1) is 23.7. The van der Waals surface area contributed by atoms with Crippen LogP contribution in [-0.4, -0.2) is 58.1 Å². The number of sulfonamides is 1. The molecule has 0 aliphatic carbocycles. The largest absolute Gasteiger partial charge is 0.490 e. The molecule has 0 radical (unpaired) electrons. The summed E-state index contributed by atoms with van der Waals surface area (Å²) < 4.78 is 43.4. The van der Waals surface area contributed by atoms with Crippen molar-refractivity contribution >= 4 is 21.6 Å².